The van der Waals surface area contributed by atoms with Crippen molar-refractivity contribution in [1.29, 1.82) is 5.26 Å². The largest absolute Gasteiger partial charge is 0.382 e. The number of anilines is 2. The highest BCUT2D eigenvalue weighted by Gasteiger charge is 2.18. The van der Waals surface area contributed by atoms with Gasteiger partial charge in [-0.25, -0.2) is 0 Å². The van der Waals surface area contributed by atoms with Crippen LogP contribution in [-0.2, 0) is 0 Å². The fourth-order valence-electron chi connectivity index (χ4n) is 1.47. The molecule has 1 saturated carbocycles. The van der Waals surface area contributed by atoms with E-state index in [0.717, 1.165) is 17.5 Å². The third-order valence-corrected chi connectivity index (χ3v) is 3.43. The number of rotatable bonds is 3. The topological polar surface area (TPSA) is 74.7 Å². The fraction of sp³-hybridized carbons (Fsp3) is 0.556. The van der Waals surface area contributed by atoms with E-state index < -0.39 is 0 Å². The summed E-state index contributed by atoms with van der Waals surface area (Å²) in [5.74, 6) is 1.11. The zero-order valence-corrected chi connectivity index (χ0v) is 8.60. The minimum absolute atomic E-state index is 0.341. The molecular formula is C9H12N4S. The van der Waals surface area contributed by atoms with E-state index in [1.807, 2.05) is 0 Å². The molecule has 74 valence electrons. The second-order valence-electron chi connectivity index (χ2n) is 3.56. The number of nitrogens with two attached hydrogens (primary N) is 1. The van der Waals surface area contributed by atoms with Crippen molar-refractivity contribution in [1.82, 2.24) is 4.37 Å². The molecule has 1 aliphatic rings. The second-order valence-corrected chi connectivity index (χ2v) is 4.33. The molecule has 1 aromatic heterocycles. The van der Waals surface area contributed by atoms with Gasteiger partial charge in [0.05, 0.1) is 0 Å². The lowest BCUT2D eigenvalue weighted by Gasteiger charge is -2.25. The molecule has 0 aliphatic heterocycles. The Balaban J connectivity index is 1.98. The number of nitriles is 1. The predicted molar refractivity (Wildman–Crippen MR) is 57.1 cm³/mol. The standard InChI is InChI=1S/C9H12N4S/c10-4-7-8(11)13-14-9(7)12-5-6-2-1-3-6/h6,12H,1-3,5H2,(H2,11,13). The van der Waals surface area contributed by atoms with Crippen molar-refractivity contribution in [3.8, 4) is 6.07 Å². The molecule has 1 aromatic rings. The van der Waals surface area contributed by atoms with Gasteiger partial charge in [-0.2, -0.15) is 9.64 Å². The molecule has 0 saturated heterocycles. The lowest BCUT2D eigenvalue weighted by atomic mass is 9.85. The monoisotopic (exact) mass is 208 g/mol. The predicted octanol–water partition coefficient (Wildman–Crippen LogP) is 1.81. The smallest absolute Gasteiger partial charge is 0.157 e. The van der Waals surface area contributed by atoms with Gasteiger partial charge in [0.2, 0.25) is 0 Å². The van der Waals surface area contributed by atoms with Crippen LogP contribution in [0.5, 0.6) is 0 Å². The van der Waals surface area contributed by atoms with Crippen LogP contribution >= 0.6 is 11.5 Å². The Labute approximate surface area is 86.9 Å². The Morgan fingerprint density at radius 2 is 2.43 bits per heavy atom. The highest BCUT2D eigenvalue weighted by atomic mass is 32.1. The van der Waals surface area contributed by atoms with Crippen molar-refractivity contribution < 1.29 is 0 Å². The molecule has 0 amide bonds. The molecule has 0 atom stereocenters. The van der Waals surface area contributed by atoms with Gasteiger partial charge in [-0.05, 0) is 30.3 Å². The summed E-state index contributed by atoms with van der Waals surface area (Å²) >= 11 is 1.27. The zero-order valence-electron chi connectivity index (χ0n) is 7.79. The maximum absolute atomic E-state index is 8.82. The van der Waals surface area contributed by atoms with Gasteiger partial charge in [-0.15, -0.1) is 0 Å². The van der Waals surface area contributed by atoms with Crippen LogP contribution in [0.15, 0.2) is 0 Å². The molecule has 1 aliphatic carbocycles. The normalized spacial score (nSPS) is 15.9. The summed E-state index contributed by atoms with van der Waals surface area (Å²) in [4.78, 5) is 0. The molecule has 0 aromatic carbocycles. The highest BCUT2D eigenvalue weighted by molar-refractivity contribution is 7.10. The molecule has 1 heterocycles. The van der Waals surface area contributed by atoms with Crippen molar-refractivity contribution >= 4 is 22.4 Å². The van der Waals surface area contributed by atoms with E-state index >= 15 is 0 Å². The molecule has 0 radical (unpaired) electrons. The lowest BCUT2D eigenvalue weighted by molar-refractivity contribution is 0.333. The molecule has 5 heteroatoms. The van der Waals surface area contributed by atoms with Gasteiger partial charge in [0, 0.05) is 6.54 Å². The van der Waals surface area contributed by atoms with E-state index in [-0.39, 0.29) is 0 Å². The number of aromatic nitrogens is 1. The molecule has 1 fully saturated rings. The van der Waals surface area contributed by atoms with Crippen molar-refractivity contribution in [2.45, 2.75) is 19.3 Å². The van der Waals surface area contributed by atoms with E-state index in [9.17, 15) is 0 Å². The van der Waals surface area contributed by atoms with Crippen LogP contribution < -0.4 is 11.1 Å². The highest BCUT2D eigenvalue weighted by Crippen LogP contribution is 2.29. The Hall–Kier alpha value is -1.28. The van der Waals surface area contributed by atoms with E-state index in [0.29, 0.717) is 11.4 Å². The zero-order chi connectivity index (χ0) is 9.97. The van der Waals surface area contributed by atoms with Gasteiger partial charge in [0.1, 0.15) is 16.6 Å². The van der Waals surface area contributed by atoms with Crippen molar-refractivity contribution in [2.75, 3.05) is 17.6 Å². The summed E-state index contributed by atoms with van der Waals surface area (Å²) in [7, 11) is 0. The summed E-state index contributed by atoms with van der Waals surface area (Å²) in [5, 5.41) is 12.9. The summed E-state index contributed by atoms with van der Waals surface area (Å²) in [6, 6.07) is 2.06. The quantitative estimate of drug-likeness (QED) is 0.794. The third kappa shape index (κ3) is 1.66. The SMILES string of the molecule is N#Cc1c(N)nsc1NCC1CCC1. The third-order valence-electron chi connectivity index (χ3n) is 2.61. The van der Waals surface area contributed by atoms with Crippen LogP contribution in [0, 0.1) is 17.2 Å². The van der Waals surface area contributed by atoms with Crippen molar-refractivity contribution in [3.05, 3.63) is 5.56 Å². The fourth-order valence-corrected chi connectivity index (χ4v) is 2.14. The number of hydrogen-bond acceptors (Lipinski definition) is 5. The molecule has 14 heavy (non-hydrogen) atoms. The van der Waals surface area contributed by atoms with Crippen molar-refractivity contribution in [3.63, 3.8) is 0 Å². The van der Waals surface area contributed by atoms with E-state index in [2.05, 4.69) is 15.8 Å². The molecule has 4 nitrogen and oxygen atoms in total. The minimum atomic E-state index is 0.341. The Morgan fingerprint density at radius 1 is 1.64 bits per heavy atom. The molecule has 3 N–H and O–H groups in total. The Morgan fingerprint density at radius 3 is 3.00 bits per heavy atom. The first-order valence-electron chi connectivity index (χ1n) is 4.70. The average molecular weight is 208 g/mol. The maximum Gasteiger partial charge on any atom is 0.157 e. The van der Waals surface area contributed by atoms with Gasteiger partial charge < -0.3 is 11.1 Å². The van der Waals surface area contributed by atoms with Gasteiger partial charge in [0.25, 0.3) is 0 Å². The van der Waals surface area contributed by atoms with Crippen LogP contribution in [-0.4, -0.2) is 10.9 Å². The number of nitrogen functional groups attached to an aromatic ring is 1. The maximum atomic E-state index is 8.82. The summed E-state index contributed by atoms with van der Waals surface area (Å²) in [6.45, 7) is 0.941. The summed E-state index contributed by atoms with van der Waals surface area (Å²) in [6.07, 6.45) is 3.93. The van der Waals surface area contributed by atoms with Crippen LogP contribution in [0.1, 0.15) is 24.8 Å². The van der Waals surface area contributed by atoms with Crippen LogP contribution in [0.3, 0.4) is 0 Å². The summed E-state index contributed by atoms with van der Waals surface area (Å²) in [5.41, 5.74) is 6.04. The lowest BCUT2D eigenvalue weighted by Crippen LogP contribution is -2.20. The molecule has 0 unspecified atom stereocenters. The van der Waals surface area contributed by atoms with E-state index in [1.165, 1.54) is 30.8 Å². The first-order valence-corrected chi connectivity index (χ1v) is 5.47. The van der Waals surface area contributed by atoms with Crippen LogP contribution in [0.25, 0.3) is 0 Å². The Kier molecular flexibility index (Phi) is 2.55. The number of nitrogens with zero attached hydrogens (tertiary/aromatic N) is 2. The first kappa shape index (κ1) is 9.28. The number of hydrogen-bond donors (Lipinski definition) is 2. The average Bonchev–Trinajstić information content (AvgIpc) is 2.44. The minimum Gasteiger partial charge on any atom is -0.382 e. The molecule has 0 spiro atoms. The molecule has 0 bridgehead atoms. The molecule has 2 rings (SSSR count). The van der Waals surface area contributed by atoms with Crippen LogP contribution in [0.2, 0.25) is 0 Å². The second kappa shape index (κ2) is 3.84. The first-order chi connectivity index (χ1) is 6.81. The van der Waals surface area contributed by atoms with Gasteiger partial charge in [-0.3, -0.25) is 0 Å². The molecular weight excluding hydrogens is 196 g/mol. The summed E-state index contributed by atoms with van der Waals surface area (Å²) < 4.78 is 3.94. The Bertz CT molecular complexity index is 361. The van der Waals surface area contributed by atoms with Gasteiger partial charge in [-0.1, -0.05) is 6.42 Å². The van der Waals surface area contributed by atoms with Crippen molar-refractivity contribution in [2.24, 2.45) is 5.92 Å². The van der Waals surface area contributed by atoms with E-state index in [4.69, 9.17) is 11.0 Å². The van der Waals surface area contributed by atoms with Gasteiger partial charge >= 0.3 is 0 Å². The van der Waals surface area contributed by atoms with E-state index in [1.54, 1.807) is 0 Å². The number of nitrogens with one attached hydrogen (secondary N) is 1. The van der Waals surface area contributed by atoms with Gasteiger partial charge in [0.15, 0.2) is 5.82 Å². The van der Waals surface area contributed by atoms with Crippen LogP contribution in [0.4, 0.5) is 10.8 Å².